The van der Waals surface area contributed by atoms with Crippen molar-refractivity contribution < 1.29 is 28.5 Å². The fraction of sp³-hybridized carbons (Fsp3) is 0.242. The average Bonchev–Trinajstić information content (AvgIpc) is 3.63. The Morgan fingerprint density at radius 2 is 1.89 bits per heavy atom. The van der Waals surface area contributed by atoms with E-state index in [4.69, 9.17) is 28.7 Å². The number of fused-ring (bicyclic) bond motifs is 2. The lowest BCUT2D eigenvalue weighted by Crippen LogP contribution is -2.40. The van der Waals surface area contributed by atoms with Crippen LogP contribution in [0.5, 0.6) is 23.0 Å². The summed E-state index contributed by atoms with van der Waals surface area (Å²) in [5.41, 5.74) is 3.25. The molecular formula is C33H29IN2O7S. The van der Waals surface area contributed by atoms with Crippen molar-refractivity contribution in [2.24, 2.45) is 4.99 Å². The Labute approximate surface area is 271 Å². The molecule has 2 aliphatic rings. The fourth-order valence-corrected chi connectivity index (χ4v) is 7.03. The highest BCUT2D eigenvalue weighted by atomic mass is 127. The Morgan fingerprint density at radius 1 is 1.09 bits per heavy atom. The number of allylic oxidation sites excluding steroid dienone is 1. The predicted octanol–water partition coefficient (Wildman–Crippen LogP) is 5.11. The number of nitrogens with zero attached hydrogens (tertiary/aromatic N) is 2. The van der Waals surface area contributed by atoms with Gasteiger partial charge in [0, 0.05) is 0 Å². The van der Waals surface area contributed by atoms with Gasteiger partial charge in [-0.25, -0.2) is 9.79 Å². The third kappa shape index (κ3) is 5.73. The molecule has 0 fully saturated rings. The SMILES string of the molecule is CCOc1cc(/C=c2\sc3n(c2=O)[C@@H](c2ccccc2)C(C(=O)OC)=C(CC)N=3)cc(I)c1OCc1ccc2c(c1)OCO2. The molecule has 0 spiro atoms. The zero-order valence-corrected chi connectivity index (χ0v) is 27.3. The number of hydrogen-bond acceptors (Lipinski definition) is 9. The number of thiazole rings is 1. The molecule has 226 valence electrons. The Morgan fingerprint density at radius 3 is 2.64 bits per heavy atom. The summed E-state index contributed by atoms with van der Waals surface area (Å²) in [6.07, 6.45) is 2.34. The molecule has 3 aromatic carbocycles. The summed E-state index contributed by atoms with van der Waals surface area (Å²) in [7, 11) is 1.34. The number of hydrogen-bond donors (Lipinski definition) is 0. The molecule has 0 aliphatic carbocycles. The van der Waals surface area contributed by atoms with E-state index < -0.39 is 12.0 Å². The molecule has 11 heteroatoms. The second kappa shape index (κ2) is 12.9. The highest BCUT2D eigenvalue weighted by Crippen LogP contribution is 2.37. The minimum Gasteiger partial charge on any atom is -0.490 e. The van der Waals surface area contributed by atoms with Gasteiger partial charge in [0.05, 0.1) is 39.1 Å². The molecule has 0 bridgehead atoms. The number of carbonyl (C=O) groups is 1. The van der Waals surface area contributed by atoms with Crippen molar-refractivity contribution in [3.63, 3.8) is 0 Å². The molecule has 0 radical (unpaired) electrons. The summed E-state index contributed by atoms with van der Waals surface area (Å²) in [5.74, 6) is 2.10. The Bertz CT molecular complexity index is 1950. The van der Waals surface area contributed by atoms with Crippen molar-refractivity contribution in [1.29, 1.82) is 0 Å². The third-order valence-corrected chi connectivity index (χ3v) is 9.00. The van der Waals surface area contributed by atoms with Crippen LogP contribution in [0.2, 0.25) is 0 Å². The van der Waals surface area contributed by atoms with E-state index in [2.05, 4.69) is 22.6 Å². The number of aromatic nitrogens is 1. The largest absolute Gasteiger partial charge is 0.490 e. The molecule has 44 heavy (non-hydrogen) atoms. The van der Waals surface area contributed by atoms with E-state index in [0.29, 0.717) is 57.5 Å². The number of benzene rings is 3. The molecule has 9 nitrogen and oxygen atoms in total. The summed E-state index contributed by atoms with van der Waals surface area (Å²) in [5, 5.41) is 0. The number of halogens is 1. The van der Waals surface area contributed by atoms with Crippen LogP contribution in [0.3, 0.4) is 0 Å². The number of rotatable bonds is 9. The smallest absolute Gasteiger partial charge is 0.338 e. The van der Waals surface area contributed by atoms with Crippen LogP contribution in [0.25, 0.3) is 6.08 Å². The van der Waals surface area contributed by atoms with E-state index in [9.17, 15) is 9.59 Å². The lowest BCUT2D eigenvalue weighted by Gasteiger charge is -2.25. The summed E-state index contributed by atoms with van der Waals surface area (Å²) in [4.78, 5) is 32.3. The van der Waals surface area contributed by atoms with E-state index in [1.54, 1.807) is 4.57 Å². The molecule has 4 aromatic rings. The van der Waals surface area contributed by atoms with Crippen LogP contribution < -0.4 is 33.8 Å². The summed E-state index contributed by atoms with van der Waals surface area (Å²) in [6.45, 7) is 4.81. The van der Waals surface area contributed by atoms with Crippen LogP contribution in [0.4, 0.5) is 0 Å². The summed E-state index contributed by atoms with van der Waals surface area (Å²) < 4.78 is 31.1. The average molecular weight is 725 g/mol. The van der Waals surface area contributed by atoms with Crippen LogP contribution in [0, 0.1) is 3.57 Å². The maximum Gasteiger partial charge on any atom is 0.338 e. The van der Waals surface area contributed by atoms with Crippen LogP contribution in [0.1, 0.15) is 43.0 Å². The lowest BCUT2D eigenvalue weighted by molar-refractivity contribution is -0.136. The van der Waals surface area contributed by atoms with Crippen molar-refractivity contribution in [3.05, 3.63) is 112 Å². The van der Waals surface area contributed by atoms with Gasteiger partial charge >= 0.3 is 5.97 Å². The van der Waals surface area contributed by atoms with Gasteiger partial charge in [-0.3, -0.25) is 9.36 Å². The first-order valence-electron chi connectivity index (χ1n) is 14.1. The maximum atomic E-state index is 14.0. The van der Waals surface area contributed by atoms with Gasteiger partial charge in [-0.1, -0.05) is 54.7 Å². The molecule has 0 saturated heterocycles. The first-order chi connectivity index (χ1) is 21.4. The van der Waals surface area contributed by atoms with Crippen LogP contribution in [0.15, 0.2) is 81.7 Å². The van der Waals surface area contributed by atoms with E-state index >= 15 is 0 Å². The van der Waals surface area contributed by atoms with Crippen molar-refractivity contribution in [3.8, 4) is 23.0 Å². The zero-order valence-electron chi connectivity index (χ0n) is 24.3. The van der Waals surface area contributed by atoms with Gasteiger partial charge in [0.2, 0.25) is 6.79 Å². The standard InChI is InChI=1S/C33H29IN2O7S/c1-4-23-28(32(38)39-3)29(21-9-7-6-8-10-21)36-31(37)27(44-33(36)35-23)16-20-13-22(34)30(26(15-20)40-5-2)41-17-19-11-12-24-25(14-19)43-18-42-24/h6-16,29H,4-5,17-18H2,1-3H3/b27-16-/t29-/m0/s1. The Hall–Kier alpha value is -4.10. The minimum atomic E-state index is -0.650. The fourth-order valence-electron chi connectivity index (χ4n) is 5.23. The number of carbonyl (C=O) groups excluding carboxylic acids is 1. The van der Waals surface area contributed by atoms with Crippen molar-refractivity contribution >= 4 is 46.0 Å². The monoisotopic (exact) mass is 724 g/mol. The van der Waals surface area contributed by atoms with E-state index in [1.807, 2.05) is 80.6 Å². The zero-order chi connectivity index (χ0) is 30.8. The first-order valence-corrected chi connectivity index (χ1v) is 16.0. The molecule has 6 rings (SSSR count). The predicted molar refractivity (Wildman–Crippen MR) is 174 cm³/mol. The second-order valence-electron chi connectivity index (χ2n) is 9.94. The van der Waals surface area contributed by atoms with Gasteiger partial charge in [-0.15, -0.1) is 0 Å². The number of methoxy groups -OCH3 is 1. The van der Waals surface area contributed by atoms with Gasteiger partial charge < -0.3 is 23.7 Å². The number of esters is 1. The second-order valence-corrected chi connectivity index (χ2v) is 12.1. The molecule has 1 atom stereocenters. The Kier molecular flexibility index (Phi) is 8.76. The van der Waals surface area contributed by atoms with Gasteiger partial charge in [-0.05, 0) is 83.0 Å². The van der Waals surface area contributed by atoms with Gasteiger partial charge in [0.25, 0.3) is 5.56 Å². The topological polar surface area (TPSA) is 97.6 Å². The van der Waals surface area contributed by atoms with Crippen molar-refractivity contribution in [2.75, 3.05) is 20.5 Å². The first kappa shape index (κ1) is 29.9. The van der Waals surface area contributed by atoms with Crippen LogP contribution in [-0.2, 0) is 16.1 Å². The lowest BCUT2D eigenvalue weighted by atomic mass is 9.95. The van der Waals surface area contributed by atoms with E-state index in [1.165, 1.54) is 18.4 Å². The quantitative estimate of drug-likeness (QED) is 0.175. The summed E-state index contributed by atoms with van der Waals surface area (Å²) in [6, 6.07) is 18.4. The third-order valence-electron chi connectivity index (χ3n) is 7.22. The van der Waals surface area contributed by atoms with E-state index in [0.717, 1.165) is 26.0 Å². The molecule has 2 aliphatic heterocycles. The normalized spacial score (nSPS) is 15.5. The molecular weight excluding hydrogens is 695 g/mol. The molecule has 1 aromatic heterocycles. The highest BCUT2D eigenvalue weighted by Gasteiger charge is 2.33. The summed E-state index contributed by atoms with van der Waals surface area (Å²) >= 11 is 3.51. The van der Waals surface area contributed by atoms with Gasteiger partial charge in [0.15, 0.2) is 27.8 Å². The molecule has 0 unspecified atom stereocenters. The minimum absolute atomic E-state index is 0.213. The molecule has 3 heterocycles. The van der Waals surface area contributed by atoms with E-state index in [-0.39, 0.29) is 12.4 Å². The maximum absolute atomic E-state index is 14.0. The number of ether oxygens (including phenoxy) is 5. The highest BCUT2D eigenvalue weighted by molar-refractivity contribution is 14.1. The van der Waals surface area contributed by atoms with Crippen molar-refractivity contribution in [1.82, 2.24) is 4.57 Å². The van der Waals surface area contributed by atoms with Crippen molar-refractivity contribution in [2.45, 2.75) is 32.9 Å². The van der Waals surface area contributed by atoms with Gasteiger partial charge in [-0.2, -0.15) is 0 Å². The molecule has 0 N–H and O–H groups in total. The Balaban J connectivity index is 1.39. The van der Waals surface area contributed by atoms with Crippen LogP contribution >= 0.6 is 33.9 Å². The van der Waals surface area contributed by atoms with Gasteiger partial charge in [0.1, 0.15) is 6.61 Å². The molecule has 0 saturated carbocycles. The molecule has 0 amide bonds. The van der Waals surface area contributed by atoms with Crippen LogP contribution in [-0.4, -0.2) is 31.0 Å².